The molecular weight excluding hydrogens is 302 g/mol. The van der Waals surface area contributed by atoms with Crippen LogP contribution in [0, 0.1) is 0 Å². The zero-order chi connectivity index (χ0) is 9.84. The van der Waals surface area contributed by atoms with Crippen molar-refractivity contribution in [3.8, 4) is 0 Å². The van der Waals surface area contributed by atoms with Gasteiger partial charge in [0.05, 0.1) is 22.7 Å². The van der Waals surface area contributed by atoms with E-state index in [0.29, 0.717) is 10.7 Å². The van der Waals surface area contributed by atoms with Gasteiger partial charge in [0.2, 0.25) is 0 Å². The Morgan fingerprint density at radius 1 is 1.08 bits per heavy atom. The molecule has 5 heteroatoms. The van der Waals surface area contributed by atoms with Crippen molar-refractivity contribution < 1.29 is 9.59 Å². The molecule has 2 atom stereocenters. The molecule has 3 nitrogen and oxygen atoms in total. The van der Waals surface area contributed by atoms with Gasteiger partial charge in [-0.25, -0.2) is 0 Å². The molecule has 0 spiro atoms. The molecular formula is C8H11Br2NO2. The topological polar surface area (TPSA) is 46.2 Å². The number of halogens is 2. The van der Waals surface area contributed by atoms with E-state index in [2.05, 4.69) is 37.2 Å². The summed E-state index contributed by atoms with van der Waals surface area (Å²) < 4.78 is 0. The molecule has 0 amide bonds. The fourth-order valence-electron chi connectivity index (χ4n) is 1.44. The van der Waals surface area contributed by atoms with Crippen molar-refractivity contribution in [2.45, 2.75) is 24.9 Å². The summed E-state index contributed by atoms with van der Waals surface area (Å²) in [5, 5.41) is 3.76. The van der Waals surface area contributed by atoms with E-state index < -0.39 is 0 Å². The van der Waals surface area contributed by atoms with Crippen LogP contribution < -0.4 is 5.32 Å². The average Bonchev–Trinajstić information content (AvgIpc) is 2.64. The fraction of sp³-hybridized carbons (Fsp3) is 0.750. The predicted molar refractivity (Wildman–Crippen MR) is 57.5 cm³/mol. The fourth-order valence-corrected chi connectivity index (χ4v) is 2.22. The SMILES string of the molecule is O=C(CBr)C1CCC(C(=O)CBr)N1. The van der Waals surface area contributed by atoms with E-state index in [1.54, 1.807) is 0 Å². The van der Waals surface area contributed by atoms with Crippen molar-refractivity contribution in [1.29, 1.82) is 0 Å². The molecule has 1 rings (SSSR count). The maximum atomic E-state index is 11.2. The maximum Gasteiger partial charge on any atom is 0.160 e. The first-order valence-electron chi connectivity index (χ1n) is 4.12. The predicted octanol–water partition coefficient (Wildman–Crippen LogP) is 1.04. The molecule has 1 aliphatic heterocycles. The third kappa shape index (κ3) is 2.86. The van der Waals surface area contributed by atoms with E-state index in [9.17, 15) is 9.59 Å². The molecule has 13 heavy (non-hydrogen) atoms. The zero-order valence-electron chi connectivity index (χ0n) is 7.06. The number of alkyl halides is 2. The van der Waals surface area contributed by atoms with E-state index >= 15 is 0 Å². The highest BCUT2D eigenvalue weighted by Gasteiger charge is 2.31. The van der Waals surface area contributed by atoms with Crippen LogP contribution in [0.5, 0.6) is 0 Å². The molecule has 1 aliphatic rings. The molecule has 74 valence electrons. The molecule has 0 aromatic rings. The van der Waals surface area contributed by atoms with Gasteiger partial charge in [0.25, 0.3) is 0 Å². The first-order chi connectivity index (χ1) is 6.19. The van der Waals surface area contributed by atoms with Crippen LogP contribution >= 0.6 is 31.9 Å². The smallest absolute Gasteiger partial charge is 0.160 e. The number of ketones is 2. The Morgan fingerprint density at radius 2 is 1.46 bits per heavy atom. The lowest BCUT2D eigenvalue weighted by atomic mass is 10.1. The van der Waals surface area contributed by atoms with Gasteiger partial charge in [-0.1, -0.05) is 31.9 Å². The van der Waals surface area contributed by atoms with Gasteiger partial charge in [0.15, 0.2) is 11.6 Å². The minimum absolute atomic E-state index is 0.130. The second-order valence-electron chi connectivity index (χ2n) is 3.05. The Hall–Kier alpha value is 0.260. The van der Waals surface area contributed by atoms with Crippen molar-refractivity contribution in [2.24, 2.45) is 0 Å². The number of hydrogen-bond acceptors (Lipinski definition) is 3. The monoisotopic (exact) mass is 311 g/mol. The second-order valence-corrected chi connectivity index (χ2v) is 4.17. The third-order valence-corrected chi connectivity index (χ3v) is 3.29. The molecule has 1 heterocycles. The minimum atomic E-state index is -0.132. The number of carbonyl (C=O) groups excluding carboxylic acids is 2. The third-order valence-electron chi connectivity index (χ3n) is 2.19. The van der Waals surface area contributed by atoms with Gasteiger partial charge in [-0.05, 0) is 12.8 Å². The highest BCUT2D eigenvalue weighted by Crippen LogP contribution is 2.15. The standard InChI is InChI=1S/C8H11Br2NO2/c9-3-7(12)5-1-2-6(11-5)8(13)4-10/h5-6,11H,1-4H2. The summed E-state index contributed by atoms with van der Waals surface area (Å²) in [6.45, 7) is 0. The zero-order valence-corrected chi connectivity index (χ0v) is 10.2. The summed E-state index contributed by atoms with van der Waals surface area (Å²) in [6.07, 6.45) is 1.54. The van der Waals surface area contributed by atoms with Gasteiger partial charge in [-0.15, -0.1) is 0 Å². The Kier molecular flexibility index (Phi) is 4.55. The van der Waals surface area contributed by atoms with Crippen LogP contribution in [0.25, 0.3) is 0 Å². The summed E-state index contributed by atoms with van der Waals surface area (Å²) in [7, 11) is 0. The summed E-state index contributed by atoms with van der Waals surface area (Å²) in [5.41, 5.74) is 0. The molecule has 1 N–H and O–H groups in total. The Bertz CT molecular complexity index is 198. The highest BCUT2D eigenvalue weighted by molar-refractivity contribution is 9.09. The van der Waals surface area contributed by atoms with Crippen molar-refractivity contribution in [1.82, 2.24) is 5.32 Å². The summed E-state index contributed by atoms with van der Waals surface area (Å²) in [6, 6.07) is -0.264. The molecule has 0 aliphatic carbocycles. The largest absolute Gasteiger partial charge is 0.298 e. The van der Waals surface area contributed by atoms with Crippen molar-refractivity contribution in [3.05, 3.63) is 0 Å². The van der Waals surface area contributed by atoms with Crippen LogP contribution in [-0.4, -0.2) is 34.3 Å². The lowest BCUT2D eigenvalue weighted by molar-refractivity contribution is -0.119. The molecule has 0 aromatic heterocycles. The van der Waals surface area contributed by atoms with E-state index in [1.165, 1.54) is 0 Å². The van der Waals surface area contributed by atoms with Gasteiger partial charge in [0, 0.05) is 0 Å². The maximum absolute atomic E-state index is 11.2. The molecule has 0 saturated carbocycles. The number of carbonyl (C=O) groups is 2. The molecule has 0 bridgehead atoms. The molecule has 1 fully saturated rings. The van der Waals surface area contributed by atoms with Crippen LogP contribution in [0.15, 0.2) is 0 Å². The van der Waals surface area contributed by atoms with Crippen LogP contribution in [0.4, 0.5) is 0 Å². The Balaban J connectivity index is 2.44. The average molecular weight is 313 g/mol. The van der Waals surface area contributed by atoms with Crippen LogP contribution in [0.1, 0.15) is 12.8 Å². The van der Waals surface area contributed by atoms with Crippen molar-refractivity contribution >= 4 is 43.4 Å². The van der Waals surface area contributed by atoms with Crippen LogP contribution in [-0.2, 0) is 9.59 Å². The van der Waals surface area contributed by atoms with Crippen molar-refractivity contribution in [3.63, 3.8) is 0 Å². The van der Waals surface area contributed by atoms with E-state index in [1.807, 2.05) is 0 Å². The first kappa shape index (κ1) is 11.3. The normalized spacial score (nSPS) is 27.5. The molecule has 0 aromatic carbocycles. The number of rotatable bonds is 4. The van der Waals surface area contributed by atoms with Crippen LogP contribution in [0.2, 0.25) is 0 Å². The van der Waals surface area contributed by atoms with Gasteiger partial charge < -0.3 is 0 Å². The summed E-state index contributed by atoms with van der Waals surface area (Å²) in [4.78, 5) is 22.5. The first-order valence-corrected chi connectivity index (χ1v) is 6.36. The Labute approximate surface area is 93.9 Å². The molecule has 2 unspecified atom stereocenters. The van der Waals surface area contributed by atoms with E-state index in [-0.39, 0.29) is 23.7 Å². The summed E-state index contributed by atoms with van der Waals surface area (Å²) in [5.74, 6) is 0.259. The van der Waals surface area contributed by atoms with Crippen LogP contribution in [0.3, 0.4) is 0 Å². The lowest BCUT2D eigenvalue weighted by Crippen LogP contribution is -2.40. The second kappa shape index (κ2) is 5.22. The van der Waals surface area contributed by atoms with Gasteiger partial charge in [0.1, 0.15) is 0 Å². The lowest BCUT2D eigenvalue weighted by Gasteiger charge is -2.10. The highest BCUT2D eigenvalue weighted by atomic mass is 79.9. The van der Waals surface area contributed by atoms with E-state index in [4.69, 9.17) is 0 Å². The molecule has 0 radical (unpaired) electrons. The summed E-state index contributed by atoms with van der Waals surface area (Å²) >= 11 is 6.23. The van der Waals surface area contributed by atoms with Crippen molar-refractivity contribution in [2.75, 3.05) is 10.7 Å². The van der Waals surface area contributed by atoms with Gasteiger partial charge in [-0.3, -0.25) is 14.9 Å². The van der Waals surface area contributed by atoms with E-state index in [0.717, 1.165) is 12.8 Å². The molecule has 1 saturated heterocycles. The minimum Gasteiger partial charge on any atom is -0.298 e. The van der Waals surface area contributed by atoms with Gasteiger partial charge >= 0.3 is 0 Å². The number of hydrogen-bond donors (Lipinski definition) is 1. The number of nitrogens with one attached hydrogen (secondary N) is 1. The van der Waals surface area contributed by atoms with Gasteiger partial charge in [-0.2, -0.15) is 0 Å². The quantitative estimate of drug-likeness (QED) is 0.789. The Morgan fingerprint density at radius 3 is 1.77 bits per heavy atom. The number of Topliss-reactive ketones (excluding diaryl/α,β-unsaturated/α-hetero) is 2.